The number of nitriles is 1. The Morgan fingerprint density at radius 1 is 1.33 bits per heavy atom. The van der Waals surface area contributed by atoms with Gasteiger partial charge in [-0.15, -0.1) is 0 Å². The minimum absolute atomic E-state index is 0.425. The molecule has 0 N–H and O–H groups in total. The van der Waals surface area contributed by atoms with Crippen LogP contribution in [0.15, 0.2) is 30.3 Å². The minimum atomic E-state index is 0.425. The van der Waals surface area contributed by atoms with Crippen molar-refractivity contribution in [2.75, 3.05) is 0 Å². The van der Waals surface area contributed by atoms with Crippen molar-refractivity contribution in [1.82, 2.24) is 0 Å². The number of halogens is 2. The average molecular weight is 198 g/mol. The molecule has 0 saturated carbocycles. The van der Waals surface area contributed by atoms with Gasteiger partial charge in [-0.2, -0.15) is 5.26 Å². The van der Waals surface area contributed by atoms with Crippen LogP contribution in [0.1, 0.15) is 5.56 Å². The molecule has 0 aliphatic carbocycles. The maximum atomic E-state index is 8.32. The maximum Gasteiger partial charge on any atom is 0.0927 e. The molecular formula is C9H5Cl2N. The molecule has 12 heavy (non-hydrogen) atoms. The molecule has 0 aliphatic heterocycles. The fourth-order valence-corrected chi connectivity index (χ4v) is 1.05. The standard InChI is InChI=1S/C9H5Cl2N/c10-8-3-1-7(2-4-8)9(11)5-6-12/h1-5H. The van der Waals surface area contributed by atoms with Gasteiger partial charge in [-0.3, -0.25) is 0 Å². The Morgan fingerprint density at radius 2 is 1.92 bits per heavy atom. The van der Waals surface area contributed by atoms with E-state index in [1.807, 2.05) is 6.07 Å². The first-order chi connectivity index (χ1) is 5.74. The van der Waals surface area contributed by atoms with Crippen LogP contribution >= 0.6 is 23.2 Å². The SMILES string of the molecule is N#CC=C(Cl)c1ccc(Cl)cc1. The second-order valence-corrected chi connectivity index (χ2v) is 2.97. The summed E-state index contributed by atoms with van der Waals surface area (Å²) in [5.74, 6) is 0. The summed E-state index contributed by atoms with van der Waals surface area (Å²) < 4.78 is 0. The van der Waals surface area contributed by atoms with E-state index in [1.54, 1.807) is 24.3 Å². The number of hydrogen-bond donors (Lipinski definition) is 0. The molecule has 0 aliphatic rings. The fraction of sp³-hybridized carbons (Fsp3) is 0. The normalized spacial score (nSPS) is 10.9. The third kappa shape index (κ3) is 2.27. The molecule has 0 amide bonds. The molecule has 0 fully saturated rings. The van der Waals surface area contributed by atoms with E-state index in [2.05, 4.69) is 0 Å². The molecule has 0 unspecified atom stereocenters. The predicted octanol–water partition coefficient (Wildman–Crippen LogP) is 3.44. The predicted molar refractivity (Wildman–Crippen MR) is 50.9 cm³/mol. The van der Waals surface area contributed by atoms with Crippen molar-refractivity contribution >= 4 is 28.2 Å². The Bertz CT molecular complexity index is 333. The van der Waals surface area contributed by atoms with Crippen molar-refractivity contribution in [3.8, 4) is 6.07 Å². The number of rotatable bonds is 1. The zero-order valence-electron chi connectivity index (χ0n) is 6.09. The highest BCUT2D eigenvalue weighted by molar-refractivity contribution is 6.49. The number of nitrogens with zero attached hydrogens (tertiary/aromatic N) is 1. The average Bonchev–Trinajstić information content (AvgIpc) is 2.06. The van der Waals surface area contributed by atoms with Gasteiger partial charge in [0.15, 0.2) is 0 Å². The Hall–Kier alpha value is -0.970. The molecule has 0 saturated heterocycles. The van der Waals surface area contributed by atoms with Gasteiger partial charge < -0.3 is 0 Å². The molecule has 60 valence electrons. The van der Waals surface area contributed by atoms with E-state index in [9.17, 15) is 0 Å². The van der Waals surface area contributed by atoms with Crippen LogP contribution in [0.2, 0.25) is 5.02 Å². The van der Waals surface area contributed by atoms with Gasteiger partial charge in [-0.1, -0.05) is 35.3 Å². The first-order valence-corrected chi connectivity index (χ1v) is 4.01. The lowest BCUT2D eigenvalue weighted by Gasteiger charge is -1.96. The van der Waals surface area contributed by atoms with Gasteiger partial charge in [0.1, 0.15) is 0 Å². The van der Waals surface area contributed by atoms with Crippen molar-refractivity contribution < 1.29 is 0 Å². The molecule has 0 radical (unpaired) electrons. The van der Waals surface area contributed by atoms with Crippen molar-refractivity contribution in [3.05, 3.63) is 40.9 Å². The third-order valence-corrected chi connectivity index (χ3v) is 1.89. The zero-order chi connectivity index (χ0) is 8.97. The third-order valence-electron chi connectivity index (χ3n) is 1.31. The number of hydrogen-bond acceptors (Lipinski definition) is 1. The van der Waals surface area contributed by atoms with Crippen LogP contribution < -0.4 is 0 Å². The van der Waals surface area contributed by atoms with Gasteiger partial charge in [0.05, 0.1) is 11.1 Å². The first-order valence-electron chi connectivity index (χ1n) is 3.25. The molecule has 3 heteroatoms. The van der Waals surface area contributed by atoms with Crippen molar-refractivity contribution in [2.24, 2.45) is 0 Å². The van der Waals surface area contributed by atoms with Gasteiger partial charge in [0.25, 0.3) is 0 Å². The van der Waals surface area contributed by atoms with E-state index in [1.165, 1.54) is 6.08 Å². The molecule has 0 aromatic heterocycles. The largest absolute Gasteiger partial charge is 0.193 e. The molecule has 0 spiro atoms. The van der Waals surface area contributed by atoms with Crippen LogP contribution in [-0.2, 0) is 0 Å². The van der Waals surface area contributed by atoms with Crippen LogP contribution in [-0.4, -0.2) is 0 Å². The lowest BCUT2D eigenvalue weighted by molar-refractivity contribution is 1.53. The van der Waals surface area contributed by atoms with E-state index in [4.69, 9.17) is 28.5 Å². The molecule has 0 heterocycles. The van der Waals surface area contributed by atoms with E-state index >= 15 is 0 Å². The van der Waals surface area contributed by atoms with E-state index in [0.29, 0.717) is 10.1 Å². The Labute approximate surface area is 80.8 Å². The minimum Gasteiger partial charge on any atom is -0.193 e. The van der Waals surface area contributed by atoms with Crippen LogP contribution in [0.3, 0.4) is 0 Å². The van der Waals surface area contributed by atoms with Gasteiger partial charge in [-0.25, -0.2) is 0 Å². The quantitative estimate of drug-likeness (QED) is 0.634. The van der Waals surface area contributed by atoms with Crippen molar-refractivity contribution in [2.45, 2.75) is 0 Å². The maximum absolute atomic E-state index is 8.32. The molecule has 0 bridgehead atoms. The van der Waals surface area contributed by atoms with Gasteiger partial charge in [0.2, 0.25) is 0 Å². The number of allylic oxidation sites excluding steroid dienone is 1. The smallest absolute Gasteiger partial charge is 0.0927 e. The lowest BCUT2D eigenvalue weighted by atomic mass is 10.2. The summed E-state index contributed by atoms with van der Waals surface area (Å²) in [6, 6.07) is 8.83. The molecule has 1 nitrogen and oxygen atoms in total. The summed E-state index contributed by atoms with van der Waals surface area (Å²) in [7, 11) is 0. The summed E-state index contributed by atoms with van der Waals surface area (Å²) in [6.07, 6.45) is 1.28. The number of benzene rings is 1. The molecule has 1 aromatic rings. The van der Waals surface area contributed by atoms with E-state index in [-0.39, 0.29) is 0 Å². The van der Waals surface area contributed by atoms with Crippen molar-refractivity contribution in [3.63, 3.8) is 0 Å². The topological polar surface area (TPSA) is 23.8 Å². The molecule has 1 rings (SSSR count). The Kier molecular flexibility index (Phi) is 3.16. The van der Waals surface area contributed by atoms with E-state index < -0.39 is 0 Å². The van der Waals surface area contributed by atoms with Crippen LogP contribution in [0, 0.1) is 11.3 Å². The van der Waals surface area contributed by atoms with Gasteiger partial charge in [-0.05, 0) is 17.7 Å². The van der Waals surface area contributed by atoms with Crippen LogP contribution in [0.4, 0.5) is 0 Å². The van der Waals surface area contributed by atoms with Gasteiger partial charge in [0, 0.05) is 11.1 Å². The summed E-state index contributed by atoms with van der Waals surface area (Å²) in [5.41, 5.74) is 0.794. The van der Waals surface area contributed by atoms with Crippen LogP contribution in [0.5, 0.6) is 0 Å². The van der Waals surface area contributed by atoms with Crippen molar-refractivity contribution in [1.29, 1.82) is 5.26 Å². The van der Waals surface area contributed by atoms with Gasteiger partial charge >= 0.3 is 0 Å². The second kappa shape index (κ2) is 4.15. The summed E-state index contributed by atoms with van der Waals surface area (Å²) in [5, 5.41) is 9.39. The highest BCUT2D eigenvalue weighted by Gasteiger charge is 1.96. The molecular weight excluding hydrogens is 193 g/mol. The van der Waals surface area contributed by atoms with E-state index in [0.717, 1.165) is 5.56 Å². The lowest BCUT2D eigenvalue weighted by Crippen LogP contribution is -1.74. The summed E-state index contributed by atoms with van der Waals surface area (Å²) in [6.45, 7) is 0. The zero-order valence-corrected chi connectivity index (χ0v) is 7.60. The summed E-state index contributed by atoms with van der Waals surface area (Å²) >= 11 is 11.4. The Balaban J connectivity index is 2.99. The molecule has 1 aromatic carbocycles. The second-order valence-electron chi connectivity index (χ2n) is 2.13. The first kappa shape index (κ1) is 9.12. The highest BCUT2D eigenvalue weighted by Crippen LogP contribution is 2.20. The molecule has 0 atom stereocenters. The highest BCUT2D eigenvalue weighted by atomic mass is 35.5. The Morgan fingerprint density at radius 3 is 2.42 bits per heavy atom. The van der Waals surface area contributed by atoms with Crippen LogP contribution in [0.25, 0.3) is 5.03 Å². The summed E-state index contributed by atoms with van der Waals surface area (Å²) in [4.78, 5) is 0. The fourth-order valence-electron chi connectivity index (χ4n) is 0.749. The monoisotopic (exact) mass is 197 g/mol.